The molecule has 2 unspecified atom stereocenters. The van der Waals surface area contributed by atoms with Crippen molar-refractivity contribution in [2.75, 3.05) is 34.4 Å². The summed E-state index contributed by atoms with van der Waals surface area (Å²) in [5, 5.41) is 21.9. The molecule has 2 atom stereocenters. The van der Waals surface area contributed by atoms with Crippen molar-refractivity contribution in [1.29, 1.82) is 0 Å². The maximum absolute atomic E-state index is 10.7. The van der Waals surface area contributed by atoms with Crippen LogP contribution in [0.5, 0.6) is 11.5 Å². The van der Waals surface area contributed by atoms with E-state index < -0.39 is 6.10 Å². The third-order valence-electron chi connectivity index (χ3n) is 5.08. The third-order valence-corrected chi connectivity index (χ3v) is 5.08. The highest BCUT2D eigenvalue weighted by Crippen LogP contribution is 2.29. The zero-order chi connectivity index (χ0) is 22.2. The first-order valence-corrected chi connectivity index (χ1v) is 10.4. The maximum atomic E-state index is 10.7. The molecule has 10 heteroatoms. The molecule has 0 radical (unpaired) electrons. The van der Waals surface area contributed by atoms with Gasteiger partial charge in [-0.2, -0.15) is 5.10 Å². The van der Waals surface area contributed by atoms with E-state index in [-0.39, 0.29) is 12.6 Å². The molecular formula is C21H32N6O4. The van der Waals surface area contributed by atoms with Gasteiger partial charge in [0.2, 0.25) is 0 Å². The summed E-state index contributed by atoms with van der Waals surface area (Å²) in [6, 6.07) is 5.50. The van der Waals surface area contributed by atoms with Gasteiger partial charge in [0.15, 0.2) is 11.8 Å². The Bertz CT molecular complexity index is 885. The minimum Gasteiger partial charge on any atom is -0.497 e. The van der Waals surface area contributed by atoms with Crippen LogP contribution in [-0.2, 0) is 24.3 Å². The number of ether oxygens (including phenoxy) is 3. The van der Waals surface area contributed by atoms with Gasteiger partial charge >= 0.3 is 0 Å². The molecule has 0 bridgehead atoms. The highest BCUT2D eigenvalue weighted by Gasteiger charge is 2.23. The van der Waals surface area contributed by atoms with Crippen molar-refractivity contribution in [2.24, 2.45) is 4.99 Å². The molecule has 3 rings (SSSR count). The molecule has 2 heterocycles. The van der Waals surface area contributed by atoms with Crippen LogP contribution in [0.25, 0.3) is 0 Å². The largest absolute Gasteiger partial charge is 0.497 e. The summed E-state index contributed by atoms with van der Waals surface area (Å²) >= 11 is 0. The number of nitrogens with zero attached hydrogens (tertiary/aromatic N) is 4. The molecule has 0 aliphatic carbocycles. The smallest absolute Gasteiger partial charge is 0.191 e. The molecule has 0 saturated carbocycles. The van der Waals surface area contributed by atoms with Gasteiger partial charge in [0, 0.05) is 31.7 Å². The molecule has 0 saturated heterocycles. The normalized spacial score (nSPS) is 17.1. The van der Waals surface area contributed by atoms with Crippen LogP contribution in [0.15, 0.2) is 23.2 Å². The van der Waals surface area contributed by atoms with Crippen LogP contribution in [0.2, 0.25) is 0 Å². The van der Waals surface area contributed by atoms with Crippen molar-refractivity contribution in [3.63, 3.8) is 0 Å². The number of benzene rings is 1. The van der Waals surface area contributed by atoms with Crippen molar-refractivity contribution >= 4 is 5.96 Å². The number of aliphatic imine (C=N–C) groups is 1. The Kier molecular flexibility index (Phi) is 8.07. The Morgan fingerprint density at radius 3 is 2.87 bits per heavy atom. The number of hydrogen-bond donors (Lipinski definition) is 3. The van der Waals surface area contributed by atoms with E-state index in [0.29, 0.717) is 48.5 Å². The number of rotatable bonds is 9. The molecule has 1 aliphatic rings. The van der Waals surface area contributed by atoms with Gasteiger partial charge in [-0.1, -0.05) is 0 Å². The summed E-state index contributed by atoms with van der Waals surface area (Å²) in [5.41, 5.74) is 0.636. The Morgan fingerprint density at radius 2 is 2.16 bits per heavy atom. The lowest BCUT2D eigenvalue weighted by Crippen LogP contribution is -2.47. The average molecular weight is 433 g/mol. The van der Waals surface area contributed by atoms with Crippen LogP contribution in [0.4, 0.5) is 0 Å². The fraction of sp³-hybridized carbons (Fsp3) is 0.571. The molecule has 170 valence electrons. The van der Waals surface area contributed by atoms with E-state index in [1.165, 1.54) is 0 Å². The quantitative estimate of drug-likeness (QED) is 0.398. The molecule has 31 heavy (non-hydrogen) atoms. The third kappa shape index (κ3) is 5.86. The lowest BCUT2D eigenvalue weighted by molar-refractivity contribution is 0.177. The van der Waals surface area contributed by atoms with Gasteiger partial charge in [0.25, 0.3) is 0 Å². The van der Waals surface area contributed by atoms with Crippen LogP contribution in [0.3, 0.4) is 0 Å². The minimum atomic E-state index is -0.828. The van der Waals surface area contributed by atoms with Gasteiger partial charge < -0.3 is 30.0 Å². The van der Waals surface area contributed by atoms with Gasteiger partial charge in [0.1, 0.15) is 30.0 Å². The van der Waals surface area contributed by atoms with Gasteiger partial charge in [-0.15, -0.1) is 0 Å². The predicted molar refractivity (Wildman–Crippen MR) is 116 cm³/mol. The van der Waals surface area contributed by atoms with Gasteiger partial charge in [0.05, 0.1) is 27.3 Å². The number of aliphatic hydroxyl groups is 1. The van der Waals surface area contributed by atoms with Crippen LogP contribution in [0, 0.1) is 0 Å². The second kappa shape index (κ2) is 11.0. The molecule has 0 amide bonds. The molecular weight excluding hydrogens is 400 g/mol. The predicted octanol–water partition coefficient (Wildman–Crippen LogP) is 1.05. The number of aliphatic hydroxyl groups excluding tert-OH is 1. The van der Waals surface area contributed by atoms with Gasteiger partial charge in [-0.05, 0) is 31.5 Å². The molecule has 2 aromatic rings. The Balaban J connectivity index is 1.66. The summed E-state index contributed by atoms with van der Waals surface area (Å²) in [5.74, 6) is 3.58. The monoisotopic (exact) mass is 432 g/mol. The van der Waals surface area contributed by atoms with Crippen LogP contribution in [-0.4, -0.2) is 66.3 Å². The van der Waals surface area contributed by atoms with E-state index in [1.54, 1.807) is 39.5 Å². The van der Waals surface area contributed by atoms with E-state index in [1.807, 2.05) is 11.6 Å². The number of aromatic nitrogens is 3. The number of fused-ring (bicyclic) bond motifs is 1. The van der Waals surface area contributed by atoms with Crippen molar-refractivity contribution in [2.45, 2.75) is 45.1 Å². The molecule has 0 fully saturated rings. The lowest BCUT2D eigenvalue weighted by atomic mass is 10.1. The Morgan fingerprint density at radius 1 is 1.32 bits per heavy atom. The van der Waals surface area contributed by atoms with Crippen molar-refractivity contribution in [3.8, 4) is 11.5 Å². The molecule has 1 aliphatic heterocycles. The number of hydrogen-bond acceptors (Lipinski definition) is 7. The second-order valence-corrected chi connectivity index (χ2v) is 7.28. The zero-order valence-electron chi connectivity index (χ0n) is 18.6. The number of nitrogens with one attached hydrogen (secondary N) is 2. The fourth-order valence-corrected chi connectivity index (χ4v) is 3.56. The average Bonchev–Trinajstić information content (AvgIpc) is 3.18. The van der Waals surface area contributed by atoms with E-state index >= 15 is 0 Å². The summed E-state index contributed by atoms with van der Waals surface area (Å²) in [4.78, 5) is 9.10. The van der Waals surface area contributed by atoms with Crippen molar-refractivity contribution in [3.05, 3.63) is 35.4 Å². The van der Waals surface area contributed by atoms with Crippen LogP contribution >= 0.6 is 0 Å². The maximum Gasteiger partial charge on any atom is 0.191 e. The highest BCUT2D eigenvalue weighted by molar-refractivity contribution is 5.80. The van der Waals surface area contributed by atoms with E-state index in [4.69, 9.17) is 14.2 Å². The fourth-order valence-electron chi connectivity index (χ4n) is 3.56. The lowest BCUT2D eigenvalue weighted by Gasteiger charge is -2.25. The summed E-state index contributed by atoms with van der Waals surface area (Å²) < 4.78 is 17.7. The van der Waals surface area contributed by atoms with Gasteiger partial charge in [-0.25, -0.2) is 9.67 Å². The zero-order valence-corrected chi connectivity index (χ0v) is 18.6. The second-order valence-electron chi connectivity index (χ2n) is 7.28. The molecule has 3 N–H and O–H groups in total. The summed E-state index contributed by atoms with van der Waals surface area (Å²) in [6.07, 6.45) is 0.921. The summed E-state index contributed by atoms with van der Waals surface area (Å²) in [6.45, 7) is 4.00. The van der Waals surface area contributed by atoms with E-state index in [2.05, 4.69) is 25.7 Å². The minimum absolute atomic E-state index is 0.158. The van der Waals surface area contributed by atoms with Crippen LogP contribution < -0.4 is 20.1 Å². The molecule has 1 aromatic carbocycles. The first-order valence-electron chi connectivity index (χ1n) is 10.4. The number of methoxy groups -OCH3 is 3. The Hall–Kier alpha value is -2.85. The molecule has 1 aromatic heterocycles. The first kappa shape index (κ1) is 22.8. The molecule has 0 spiro atoms. The Labute approximate surface area is 182 Å². The van der Waals surface area contributed by atoms with E-state index in [9.17, 15) is 5.11 Å². The topological polar surface area (TPSA) is 115 Å². The van der Waals surface area contributed by atoms with E-state index in [0.717, 1.165) is 18.7 Å². The molecule has 10 nitrogen and oxygen atoms in total. The standard InChI is InChI=1S/C21H32N6O4/c1-5-22-21(23-11-17(28)16-10-15(30-3)7-8-18(16)31-4)24-14-6-9-20-25-19(13-29-2)26-27(20)12-14/h7-8,10,14,17,28H,5-6,9,11-13H2,1-4H3,(H2,22,23,24). The SMILES string of the molecule is CCNC(=NCC(O)c1cc(OC)ccc1OC)NC1CCc2nc(COC)nn2C1. The van der Waals surface area contributed by atoms with Crippen molar-refractivity contribution in [1.82, 2.24) is 25.4 Å². The van der Waals surface area contributed by atoms with Crippen LogP contribution in [0.1, 0.15) is 36.7 Å². The first-order chi connectivity index (χ1) is 15.1. The number of guanidine groups is 1. The highest BCUT2D eigenvalue weighted by atomic mass is 16.5. The van der Waals surface area contributed by atoms with Crippen molar-refractivity contribution < 1.29 is 19.3 Å². The number of aryl methyl sites for hydroxylation is 1. The summed E-state index contributed by atoms with van der Waals surface area (Å²) in [7, 11) is 4.80. The van der Waals surface area contributed by atoms with Gasteiger partial charge in [-0.3, -0.25) is 4.99 Å².